The van der Waals surface area contributed by atoms with Crippen LogP contribution in [0.5, 0.6) is 0 Å². The van der Waals surface area contributed by atoms with Crippen LogP contribution in [0.2, 0.25) is 0 Å². The molecule has 0 bridgehead atoms. The lowest BCUT2D eigenvalue weighted by molar-refractivity contribution is -0.136. The molecule has 2 N–H and O–H groups in total. The fraction of sp³-hybridized carbons (Fsp3) is 0.333. The molecule has 0 saturated heterocycles. The number of nitrogens with zero attached hydrogens (tertiary/aromatic N) is 2. The highest BCUT2D eigenvalue weighted by Gasteiger charge is 2.36. The molecule has 0 unspecified atom stereocenters. The van der Waals surface area contributed by atoms with Crippen LogP contribution in [0.15, 0.2) is 18.2 Å². The van der Waals surface area contributed by atoms with E-state index in [0.717, 1.165) is 6.07 Å². The van der Waals surface area contributed by atoms with E-state index in [1.165, 1.54) is 16.7 Å². The Labute approximate surface area is 124 Å². The van der Waals surface area contributed by atoms with Gasteiger partial charge in [0, 0.05) is 16.6 Å². The molecule has 0 spiro atoms. The third kappa shape index (κ3) is 2.77. The first-order valence-electron chi connectivity index (χ1n) is 6.70. The molecule has 4 nitrogen and oxygen atoms in total. The normalized spacial score (nSPS) is 11.6. The Morgan fingerprint density at radius 2 is 2.09 bits per heavy atom. The fourth-order valence-electron chi connectivity index (χ4n) is 2.59. The van der Waals surface area contributed by atoms with Gasteiger partial charge in [-0.2, -0.15) is 18.4 Å². The van der Waals surface area contributed by atoms with Gasteiger partial charge < -0.3 is 10.3 Å². The number of carbonyl (C=O) groups is 1. The Bertz CT molecular complexity index is 769. The topological polar surface area (TPSA) is 71.8 Å². The Morgan fingerprint density at radius 1 is 1.41 bits per heavy atom. The minimum atomic E-state index is -4.65. The van der Waals surface area contributed by atoms with Crippen molar-refractivity contribution < 1.29 is 18.0 Å². The van der Waals surface area contributed by atoms with Gasteiger partial charge in [-0.25, -0.2) is 0 Å². The second-order valence-corrected chi connectivity index (χ2v) is 4.97. The lowest BCUT2D eigenvalue weighted by atomic mass is 10.0. The van der Waals surface area contributed by atoms with E-state index in [1.807, 2.05) is 6.92 Å². The highest BCUT2D eigenvalue weighted by atomic mass is 19.4. The van der Waals surface area contributed by atoms with Crippen molar-refractivity contribution in [2.24, 2.45) is 5.73 Å². The number of fused-ring (bicyclic) bond motifs is 1. The first-order chi connectivity index (χ1) is 10.3. The molecule has 22 heavy (non-hydrogen) atoms. The maximum absolute atomic E-state index is 13.3. The van der Waals surface area contributed by atoms with Gasteiger partial charge in [0.2, 0.25) is 5.91 Å². The number of nitriles is 1. The molecule has 0 aliphatic heterocycles. The molecule has 2 rings (SSSR count). The number of rotatable bonds is 4. The zero-order valence-electron chi connectivity index (χ0n) is 11.9. The summed E-state index contributed by atoms with van der Waals surface area (Å²) in [5.41, 5.74) is 4.64. The van der Waals surface area contributed by atoms with Gasteiger partial charge in [0.05, 0.1) is 17.2 Å². The fourth-order valence-corrected chi connectivity index (χ4v) is 2.59. The van der Waals surface area contributed by atoms with Gasteiger partial charge >= 0.3 is 6.18 Å². The summed E-state index contributed by atoms with van der Waals surface area (Å²) in [5.74, 6) is -0.632. The summed E-state index contributed by atoms with van der Waals surface area (Å²) < 4.78 is 41.4. The number of hydrogen-bond donors (Lipinski definition) is 1. The van der Waals surface area contributed by atoms with E-state index in [4.69, 9.17) is 11.0 Å². The van der Waals surface area contributed by atoms with Crippen molar-refractivity contribution in [1.29, 1.82) is 5.26 Å². The standard InChI is InChI=1S/C15H14F3N3O/c1-2-3-10-6-11-12(21(10)8-13(20)22)5-4-9(7-19)14(11)15(16,17)18/h4-6H,2-3,8H2,1H3,(H2,20,22). The maximum atomic E-state index is 13.3. The van der Waals surface area contributed by atoms with E-state index in [-0.39, 0.29) is 17.4 Å². The smallest absolute Gasteiger partial charge is 0.368 e. The number of benzene rings is 1. The Balaban J connectivity index is 2.83. The molecule has 1 amide bonds. The zero-order chi connectivity index (χ0) is 16.5. The first kappa shape index (κ1) is 15.9. The quantitative estimate of drug-likeness (QED) is 0.943. The van der Waals surface area contributed by atoms with Crippen molar-refractivity contribution in [3.63, 3.8) is 0 Å². The van der Waals surface area contributed by atoms with Crippen molar-refractivity contribution in [1.82, 2.24) is 4.57 Å². The second kappa shape index (κ2) is 5.72. The summed E-state index contributed by atoms with van der Waals surface area (Å²) >= 11 is 0. The summed E-state index contributed by atoms with van der Waals surface area (Å²) in [4.78, 5) is 11.2. The predicted octanol–water partition coefficient (Wildman–Crippen LogP) is 2.97. The van der Waals surface area contributed by atoms with Gasteiger partial charge in [-0.15, -0.1) is 0 Å². The molecule has 1 aromatic heterocycles. The number of aryl methyl sites for hydroxylation is 1. The third-order valence-corrected chi connectivity index (χ3v) is 3.39. The van der Waals surface area contributed by atoms with Gasteiger partial charge in [-0.3, -0.25) is 4.79 Å². The second-order valence-electron chi connectivity index (χ2n) is 4.97. The SMILES string of the molecule is CCCc1cc2c(C(F)(F)F)c(C#N)ccc2n1CC(N)=O. The molecule has 1 heterocycles. The van der Waals surface area contributed by atoms with Crippen LogP contribution in [-0.2, 0) is 23.9 Å². The molecule has 2 aromatic rings. The van der Waals surface area contributed by atoms with Crippen LogP contribution in [0.4, 0.5) is 13.2 Å². The molecule has 0 fully saturated rings. The summed E-state index contributed by atoms with van der Waals surface area (Å²) in [7, 11) is 0. The van der Waals surface area contributed by atoms with Crippen LogP contribution in [0.25, 0.3) is 10.9 Å². The van der Waals surface area contributed by atoms with Gasteiger partial charge in [0.25, 0.3) is 0 Å². The summed E-state index contributed by atoms with van der Waals surface area (Å²) in [6.45, 7) is 1.69. The van der Waals surface area contributed by atoms with Crippen LogP contribution < -0.4 is 5.73 Å². The summed E-state index contributed by atoms with van der Waals surface area (Å²) in [6, 6.07) is 5.51. The van der Waals surface area contributed by atoms with E-state index < -0.39 is 23.2 Å². The van der Waals surface area contributed by atoms with Crippen LogP contribution in [0.3, 0.4) is 0 Å². The lowest BCUT2D eigenvalue weighted by Gasteiger charge is -2.11. The van der Waals surface area contributed by atoms with E-state index in [2.05, 4.69) is 0 Å². The molecule has 116 valence electrons. The molecule has 0 aliphatic carbocycles. The van der Waals surface area contributed by atoms with Crippen LogP contribution in [-0.4, -0.2) is 10.5 Å². The number of hydrogen-bond acceptors (Lipinski definition) is 2. The molecular formula is C15H14F3N3O. The summed E-state index contributed by atoms with van der Waals surface area (Å²) in [5, 5.41) is 8.86. The molecule has 0 atom stereocenters. The van der Waals surface area contributed by atoms with Crippen molar-refractivity contribution in [3.05, 3.63) is 35.0 Å². The molecule has 7 heteroatoms. The molecule has 0 saturated carbocycles. The highest BCUT2D eigenvalue weighted by Crippen LogP contribution is 2.38. The van der Waals surface area contributed by atoms with Crippen molar-refractivity contribution in [2.75, 3.05) is 0 Å². The van der Waals surface area contributed by atoms with E-state index in [9.17, 15) is 18.0 Å². The van der Waals surface area contributed by atoms with Gasteiger partial charge in [0.1, 0.15) is 6.54 Å². The number of aromatic nitrogens is 1. The van der Waals surface area contributed by atoms with Gasteiger partial charge in [-0.1, -0.05) is 13.3 Å². The van der Waals surface area contributed by atoms with E-state index in [0.29, 0.717) is 18.5 Å². The number of amides is 1. The van der Waals surface area contributed by atoms with Crippen molar-refractivity contribution in [3.8, 4) is 6.07 Å². The third-order valence-electron chi connectivity index (χ3n) is 3.39. The van der Waals surface area contributed by atoms with E-state index in [1.54, 1.807) is 6.07 Å². The van der Waals surface area contributed by atoms with Crippen LogP contribution in [0.1, 0.15) is 30.2 Å². The monoisotopic (exact) mass is 309 g/mol. The molecule has 0 aliphatic rings. The number of carbonyl (C=O) groups excluding carboxylic acids is 1. The Hall–Kier alpha value is -2.49. The Kier molecular flexibility index (Phi) is 4.13. The summed E-state index contributed by atoms with van der Waals surface area (Å²) in [6.07, 6.45) is -3.42. The maximum Gasteiger partial charge on any atom is 0.418 e. The average molecular weight is 309 g/mol. The number of primary amides is 1. The van der Waals surface area contributed by atoms with Gasteiger partial charge in [0.15, 0.2) is 0 Å². The van der Waals surface area contributed by atoms with Crippen molar-refractivity contribution in [2.45, 2.75) is 32.5 Å². The number of halogens is 3. The lowest BCUT2D eigenvalue weighted by Crippen LogP contribution is -2.20. The minimum absolute atomic E-state index is 0.0729. The first-order valence-corrected chi connectivity index (χ1v) is 6.70. The molecule has 1 aromatic carbocycles. The van der Waals surface area contributed by atoms with Crippen LogP contribution in [0, 0.1) is 11.3 Å². The Morgan fingerprint density at radius 3 is 2.59 bits per heavy atom. The molecule has 0 radical (unpaired) electrons. The highest BCUT2D eigenvalue weighted by molar-refractivity contribution is 5.89. The number of alkyl halides is 3. The predicted molar refractivity (Wildman–Crippen MR) is 74.8 cm³/mol. The zero-order valence-corrected chi connectivity index (χ0v) is 11.9. The van der Waals surface area contributed by atoms with Gasteiger partial charge in [-0.05, 0) is 24.6 Å². The van der Waals surface area contributed by atoms with Crippen LogP contribution >= 0.6 is 0 Å². The molecular weight excluding hydrogens is 295 g/mol. The van der Waals surface area contributed by atoms with Crippen molar-refractivity contribution >= 4 is 16.8 Å². The van der Waals surface area contributed by atoms with E-state index >= 15 is 0 Å². The average Bonchev–Trinajstić information content (AvgIpc) is 2.74. The minimum Gasteiger partial charge on any atom is -0.368 e. The largest absolute Gasteiger partial charge is 0.418 e. The number of nitrogens with two attached hydrogens (primary N) is 1.